The number of aliphatic carboxylic acids is 1. The zero-order valence-electron chi connectivity index (χ0n) is 21.6. The molecular formula is C27H34N6O4. The van der Waals surface area contributed by atoms with Crippen molar-refractivity contribution in [1.82, 2.24) is 19.3 Å². The maximum Gasteiger partial charge on any atom is 0.414 e. The number of carboxylic acids is 1. The molecule has 0 bridgehead atoms. The molecule has 2 saturated carbocycles. The first-order valence-corrected chi connectivity index (χ1v) is 13.3. The van der Waals surface area contributed by atoms with Gasteiger partial charge < -0.3 is 19.7 Å². The van der Waals surface area contributed by atoms with Crippen LogP contribution in [0.15, 0.2) is 18.2 Å². The smallest absolute Gasteiger partial charge is 0.414 e. The van der Waals surface area contributed by atoms with Crippen molar-refractivity contribution in [2.45, 2.75) is 76.3 Å². The molecule has 196 valence electrons. The highest BCUT2D eigenvalue weighted by atomic mass is 16.5. The normalized spacial score (nSPS) is 23.6. The van der Waals surface area contributed by atoms with E-state index in [4.69, 9.17) is 14.8 Å². The number of carboxylic acid groups (broad SMARTS) is 1. The second-order valence-corrected chi connectivity index (χ2v) is 10.8. The number of aromatic nitrogens is 4. The summed E-state index contributed by atoms with van der Waals surface area (Å²) in [7, 11) is 3.35. The van der Waals surface area contributed by atoms with E-state index in [1.54, 1.807) is 4.90 Å². The molecule has 2 fully saturated rings. The van der Waals surface area contributed by atoms with Crippen LogP contribution < -0.4 is 10.2 Å². The molecule has 0 radical (unpaired) electrons. The summed E-state index contributed by atoms with van der Waals surface area (Å²) >= 11 is 0. The number of nitrogens with one attached hydrogen (secondary N) is 1. The summed E-state index contributed by atoms with van der Waals surface area (Å²) in [4.78, 5) is 31.1. The number of methoxy groups -OCH3 is 1. The largest absolute Gasteiger partial charge is 0.481 e. The third-order valence-corrected chi connectivity index (χ3v) is 8.37. The van der Waals surface area contributed by atoms with Crippen LogP contribution in [0.3, 0.4) is 0 Å². The summed E-state index contributed by atoms with van der Waals surface area (Å²) in [6.07, 6.45) is 6.50. The summed E-state index contributed by atoms with van der Waals surface area (Å²) < 4.78 is 9.21. The zero-order valence-corrected chi connectivity index (χ0v) is 21.6. The summed E-state index contributed by atoms with van der Waals surface area (Å²) in [5.74, 6) is 1.17. The highest BCUT2D eigenvalue weighted by molar-refractivity contribution is 5.96. The predicted octanol–water partition coefficient (Wildman–Crippen LogP) is 5.11. The van der Waals surface area contributed by atoms with E-state index in [0.29, 0.717) is 18.8 Å². The van der Waals surface area contributed by atoms with Gasteiger partial charge in [0.05, 0.1) is 35.4 Å². The number of rotatable bonds is 5. The molecule has 10 nitrogen and oxygen atoms in total. The number of hydrogen-bond donors (Lipinski definition) is 2. The number of imidazole rings is 1. The number of ether oxygens (including phenoxy) is 1. The van der Waals surface area contributed by atoms with E-state index in [1.165, 1.54) is 20.0 Å². The quantitative estimate of drug-likeness (QED) is 0.494. The molecule has 3 heterocycles. The van der Waals surface area contributed by atoms with Crippen LogP contribution in [0, 0.1) is 5.92 Å². The highest BCUT2D eigenvalue weighted by Crippen LogP contribution is 2.43. The maximum atomic E-state index is 12.6. The summed E-state index contributed by atoms with van der Waals surface area (Å²) in [6, 6.07) is 6.33. The van der Waals surface area contributed by atoms with Gasteiger partial charge in [0.15, 0.2) is 0 Å². The lowest BCUT2D eigenvalue weighted by Crippen LogP contribution is -2.42. The minimum Gasteiger partial charge on any atom is -0.481 e. The number of fused-ring (bicyclic) bond motifs is 3. The van der Waals surface area contributed by atoms with E-state index in [-0.39, 0.29) is 24.1 Å². The van der Waals surface area contributed by atoms with Crippen LogP contribution in [0.4, 0.5) is 22.2 Å². The Bertz CT molecular complexity index is 1360. The number of carbonyl (C=O) groups excluding carboxylic acids is 1. The molecular weight excluding hydrogens is 472 g/mol. The third kappa shape index (κ3) is 4.12. The van der Waals surface area contributed by atoms with Gasteiger partial charge in [-0.1, -0.05) is 0 Å². The minimum absolute atomic E-state index is 0.0404. The van der Waals surface area contributed by atoms with Crippen LogP contribution in [0.25, 0.3) is 11.0 Å². The number of amides is 1. The van der Waals surface area contributed by atoms with Gasteiger partial charge >= 0.3 is 12.1 Å². The van der Waals surface area contributed by atoms with Crippen molar-refractivity contribution in [3.05, 3.63) is 29.5 Å². The fourth-order valence-electron chi connectivity index (χ4n) is 6.11. The van der Waals surface area contributed by atoms with Crippen LogP contribution >= 0.6 is 0 Å². The van der Waals surface area contributed by atoms with Crippen molar-refractivity contribution < 1.29 is 19.4 Å². The van der Waals surface area contributed by atoms with Crippen LogP contribution in [0.2, 0.25) is 0 Å². The second kappa shape index (κ2) is 9.08. The molecule has 0 saturated heterocycles. The Morgan fingerprint density at radius 2 is 1.86 bits per heavy atom. The van der Waals surface area contributed by atoms with Gasteiger partial charge in [0.2, 0.25) is 5.95 Å². The third-order valence-electron chi connectivity index (χ3n) is 8.37. The number of aryl methyl sites for hydroxylation is 2. The molecule has 1 atom stereocenters. The molecule has 1 aliphatic heterocycles. The van der Waals surface area contributed by atoms with Crippen molar-refractivity contribution >= 4 is 40.5 Å². The molecule has 3 aliphatic rings. The van der Waals surface area contributed by atoms with Gasteiger partial charge in [0.25, 0.3) is 0 Å². The molecule has 1 amide bonds. The Morgan fingerprint density at radius 3 is 2.54 bits per heavy atom. The van der Waals surface area contributed by atoms with E-state index in [2.05, 4.69) is 16.0 Å². The zero-order chi connectivity index (χ0) is 25.8. The van der Waals surface area contributed by atoms with Gasteiger partial charge in [0, 0.05) is 36.7 Å². The Balaban J connectivity index is 1.44. The number of hydrogen-bond acceptors (Lipinski definition) is 6. The molecule has 2 N–H and O–H groups in total. The summed E-state index contributed by atoms with van der Waals surface area (Å²) in [6.45, 7) is 2.04. The summed E-state index contributed by atoms with van der Waals surface area (Å²) in [5.41, 5.74) is 4.88. The number of carbonyl (C=O) groups is 2. The molecule has 3 aromatic rings. The average molecular weight is 507 g/mol. The Morgan fingerprint density at radius 1 is 1.11 bits per heavy atom. The molecule has 37 heavy (non-hydrogen) atoms. The Kier molecular flexibility index (Phi) is 5.84. The van der Waals surface area contributed by atoms with Gasteiger partial charge in [-0.15, -0.1) is 0 Å². The van der Waals surface area contributed by atoms with Gasteiger partial charge in [-0.2, -0.15) is 5.10 Å². The first kappa shape index (κ1) is 23.8. The lowest BCUT2D eigenvalue weighted by atomic mass is 9.86. The molecule has 10 heteroatoms. The number of anilines is 3. The van der Waals surface area contributed by atoms with E-state index >= 15 is 0 Å². The van der Waals surface area contributed by atoms with Crippen molar-refractivity contribution in [1.29, 1.82) is 0 Å². The Hall–Kier alpha value is -3.56. The summed E-state index contributed by atoms with van der Waals surface area (Å²) in [5, 5.41) is 17.8. The van der Waals surface area contributed by atoms with Gasteiger partial charge in [0.1, 0.15) is 5.82 Å². The predicted molar refractivity (Wildman–Crippen MR) is 139 cm³/mol. The molecule has 1 unspecified atom stereocenters. The molecule has 6 rings (SSSR count). The van der Waals surface area contributed by atoms with E-state index in [9.17, 15) is 14.7 Å². The van der Waals surface area contributed by atoms with E-state index < -0.39 is 5.97 Å². The van der Waals surface area contributed by atoms with Crippen molar-refractivity contribution in [3.8, 4) is 0 Å². The fourth-order valence-corrected chi connectivity index (χ4v) is 6.11. The first-order chi connectivity index (χ1) is 17.9. The van der Waals surface area contributed by atoms with Crippen molar-refractivity contribution in [2.75, 3.05) is 17.3 Å². The van der Waals surface area contributed by atoms with Crippen LogP contribution in [-0.2, 0) is 23.0 Å². The maximum absolute atomic E-state index is 12.6. The van der Waals surface area contributed by atoms with Gasteiger partial charge in [-0.25, -0.2) is 9.78 Å². The van der Waals surface area contributed by atoms with Crippen LogP contribution in [0.1, 0.15) is 75.1 Å². The van der Waals surface area contributed by atoms with Gasteiger partial charge in [-0.05, 0) is 70.4 Å². The van der Waals surface area contributed by atoms with Crippen molar-refractivity contribution in [3.63, 3.8) is 0 Å². The topological polar surface area (TPSA) is 115 Å². The Labute approximate surface area is 215 Å². The average Bonchev–Trinajstić information content (AvgIpc) is 3.59. The van der Waals surface area contributed by atoms with Crippen molar-refractivity contribution in [2.24, 2.45) is 13.0 Å². The molecule has 0 spiro atoms. The molecule has 2 aliphatic carbocycles. The fraction of sp³-hybridized carbons (Fsp3) is 0.556. The lowest BCUT2D eigenvalue weighted by Gasteiger charge is -2.34. The SMILES string of the molecule is COC(=O)N1c2ccc3c(nc(Nc4cc(C5CC5)nn4C)n3C3CCC(C(=O)O)CC3)c2CCC1C. The number of benzene rings is 1. The second-order valence-electron chi connectivity index (χ2n) is 10.8. The number of nitrogens with zero attached hydrogens (tertiary/aromatic N) is 5. The molecule has 1 aromatic carbocycles. The first-order valence-electron chi connectivity index (χ1n) is 13.3. The lowest BCUT2D eigenvalue weighted by molar-refractivity contribution is -0.143. The highest BCUT2D eigenvalue weighted by Gasteiger charge is 2.34. The minimum atomic E-state index is -0.708. The standard InChI is InChI=1S/C27H34N6O4/c1-15-4-11-19-21(32(15)27(36)37-3)12-13-22-24(19)29-26(28-23-14-20(16-5-6-16)30-31(23)2)33(22)18-9-7-17(8-10-18)25(34)35/h12-18H,4-11H2,1-3H3,(H,28,29)(H,34,35). The van der Waals surface area contributed by atoms with Crippen LogP contribution in [-0.4, -0.2) is 49.7 Å². The van der Waals surface area contributed by atoms with E-state index in [1.807, 2.05) is 30.8 Å². The monoisotopic (exact) mass is 506 g/mol. The molecule has 2 aromatic heterocycles. The van der Waals surface area contributed by atoms with E-state index in [0.717, 1.165) is 65.4 Å². The van der Waals surface area contributed by atoms with Gasteiger partial charge in [-0.3, -0.25) is 14.4 Å². The van der Waals surface area contributed by atoms with Crippen LogP contribution in [0.5, 0.6) is 0 Å².